The Bertz CT molecular complexity index is 496. The zero-order valence-corrected chi connectivity index (χ0v) is 12.4. The minimum atomic E-state index is -4.30. The number of carbonyl (C=O) groups excluding carboxylic acids is 1. The number of nitrogens with one attached hydrogen (secondary N) is 2. The lowest BCUT2D eigenvalue weighted by Gasteiger charge is -2.26. The lowest BCUT2D eigenvalue weighted by Crippen LogP contribution is -2.50. The van der Waals surface area contributed by atoms with Gasteiger partial charge in [0.25, 0.3) is 0 Å². The molecule has 1 aliphatic rings. The van der Waals surface area contributed by atoms with Crippen LogP contribution < -0.4 is 10.6 Å². The van der Waals surface area contributed by atoms with E-state index in [1.54, 1.807) is 0 Å². The van der Waals surface area contributed by atoms with Crippen LogP contribution >= 0.6 is 11.8 Å². The molecule has 1 heterocycles. The van der Waals surface area contributed by atoms with E-state index in [0.29, 0.717) is 12.1 Å². The van der Waals surface area contributed by atoms with E-state index < -0.39 is 11.0 Å². The zero-order valence-electron chi connectivity index (χ0n) is 11.6. The van der Waals surface area contributed by atoms with Gasteiger partial charge in [-0.15, -0.1) is 0 Å². The van der Waals surface area contributed by atoms with E-state index in [0.717, 1.165) is 19.4 Å². The van der Waals surface area contributed by atoms with Crippen LogP contribution in [0.15, 0.2) is 29.2 Å². The Morgan fingerprint density at radius 3 is 2.52 bits per heavy atom. The molecule has 0 bridgehead atoms. The second kappa shape index (κ2) is 6.27. The average Bonchev–Trinajstić information content (AvgIpc) is 2.89. The minimum Gasteiger partial charge on any atom is -0.324 e. The Labute approximate surface area is 125 Å². The molecule has 1 atom stereocenters. The largest absolute Gasteiger partial charge is 0.446 e. The lowest BCUT2D eigenvalue weighted by atomic mass is 9.93. The van der Waals surface area contributed by atoms with Gasteiger partial charge in [0.05, 0.1) is 5.54 Å². The highest BCUT2D eigenvalue weighted by Crippen LogP contribution is 2.37. The van der Waals surface area contributed by atoms with E-state index in [9.17, 15) is 18.0 Å². The van der Waals surface area contributed by atoms with Crippen molar-refractivity contribution in [2.24, 2.45) is 0 Å². The number of hydrogen-bond donors (Lipinski definition) is 2. The average molecular weight is 318 g/mol. The highest BCUT2D eigenvalue weighted by Gasteiger charge is 2.39. The first kappa shape index (κ1) is 16.2. The molecule has 1 saturated heterocycles. The maximum atomic E-state index is 12.3. The van der Waals surface area contributed by atoms with Crippen molar-refractivity contribution < 1.29 is 18.0 Å². The highest BCUT2D eigenvalue weighted by molar-refractivity contribution is 8.00. The number of alkyl halides is 3. The maximum Gasteiger partial charge on any atom is 0.446 e. The molecule has 1 amide bonds. The van der Waals surface area contributed by atoms with Crippen LogP contribution in [0.4, 0.5) is 18.9 Å². The molecule has 1 aliphatic heterocycles. The van der Waals surface area contributed by atoms with E-state index in [1.807, 2.05) is 6.92 Å². The summed E-state index contributed by atoms with van der Waals surface area (Å²) in [5, 5.41) is 5.99. The molecule has 21 heavy (non-hydrogen) atoms. The molecule has 0 saturated carbocycles. The summed E-state index contributed by atoms with van der Waals surface area (Å²) in [7, 11) is 0. The van der Waals surface area contributed by atoms with Crippen molar-refractivity contribution in [3.63, 3.8) is 0 Å². The summed E-state index contributed by atoms with van der Waals surface area (Å²) in [6.45, 7) is 2.75. The normalized spacial score (nSPS) is 22.3. The molecular formula is C14H17F3N2OS. The van der Waals surface area contributed by atoms with Gasteiger partial charge in [0.2, 0.25) is 5.91 Å². The summed E-state index contributed by atoms with van der Waals surface area (Å²) in [5.74, 6) is -0.126. The third kappa shape index (κ3) is 4.14. The van der Waals surface area contributed by atoms with E-state index in [1.165, 1.54) is 24.3 Å². The first-order valence-corrected chi connectivity index (χ1v) is 7.58. The molecule has 0 spiro atoms. The van der Waals surface area contributed by atoms with Crippen molar-refractivity contribution in [1.29, 1.82) is 0 Å². The number of rotatable bonds is 4. The van der Waals surface area contributed by atoms with Crippen LogP contribution in [0, 0.1) is 0 Å². The Hall–Kier alpha value is -1.21. The van der Waals surface area contributed by atoms with Gasteiger partial charge < -0.3 is 10.6 Å². The van der Waals surface area contributed by atoms with Crippen LogP contribution in [0.3, 0.4) is 0 Å². The molecule has 3 nitrogen and oxygen atoms in total. The predicted molar refractivity (Wildman–Crippen MR) is 77.2 cm³/mol. The Balaban J connectivity index is 2.01. The van der Waals surface area contributed by atoms with E-state index in [-0.39, 0.29) is 22.6 Å². The fourth-order valence-corrected chi connectivity index (χ4v) is 2.99. The number of benzene rings is 1. The van der Waals surface area contributed by atoms with E-state index >= 15 is 0 Å². The van der Waals surface area contributed by atoms with Crippen molar-refractivity contribution in [2.45, 2.75) is 42.1 Å². The SMILES string of the molecule is CCC1(C(=O)Nc2ccc(SC(F)(F)F)cc2)CCCN1. The van der Waals surface area contributed by atoms with E-state index in [2.05, 4.69) is 10.6 Å². The predicted octanol–water partition coefficient (Wildman–Crippen LogP) is 3.77. The van der Waals surface area contributed by atoms with Crippen molar-refractivity contribution in [3.8, 4) is 0 Å². The fourth-order valence-electron chi connectivity index (χ4n) is 2.45. The monoisotopic (exact) mass is 318 g/mol. The number of anilines is 1. The van der Waals surface area contributed by atoms with Gasteiger partial charge in [-0.3, -0.25) is 4.79 Å². The van der Waals surface area contributed by atoms with Crippen LogP contribution in [0.2, 0.25) is 0 Å². The zero-order chi connectivity index (χ0) is 15.5. The summed E-state index contributed by atoms with van der Waals surface area (Å²) in [6.07, 6.45) is 2.40. The Kier molecular flexibility index (Phi) is 4.83. The molecule has 2 rings (SSSR count). The molecule has 1 aromatic rings. The summed E-state index contributed by atoms with van der Waals surface area (Å²) in [4.78, 5) is 12.4. The summed E-state index contributed by atoms with van der Waals surface area (Å²) < 4.78 is 36.7. The number of halogens is 3. The standard InChI is InChI=1S/C14H17F3N2OS/c1-2-13(8-3-9-18-13)12(20)19-10-4-6-11(7-5-10)21-14(15,16)17/h4-7,18H,2-3,8-9H2,1H3,(H,19,20). The molecule has 0 aromatic heterocycles. The molecule has 0 radical (unpaired) electrons. The van der Waals surface area contributed by atoms with Crippen molar-refractivity contribution in [1.82, 2.24) is 5.32 Å². The molecule has 7 heteroatoms. The van der Waals surface area contributed by atoms with Crippen molar-refractivity contribution >= 4 is 23.4 Å². The third-order valence-corrected chi connectivity index (χ3v) is 4.37. The van der Waals surface area contributed by atoms with Crippen LogP contribution in [-0.2, 0) is 4.79 Å². The van der Waals surface area contributed by atoms with Crippen LogP contribution in [0.25, 0.3) is 0 Å². The minimum absolute atomic E-state index is 0.102. The van der Waals surface area contributed by atoms with Gasteiger partial charge in [0, 0.05) is 10.6 Å². The van der Waals surface area contributed by atoms with Gasteiger partial charge in [-0.2, -0.15) is 13.2 Å². The van der Waals surface area contributed by atoms with Crippen LogP contribution in [0.5, 0.6) is 0 Å². The molecule has 116 valence electrons. The van der Waals surface area contributed by atoms with Crippen molar-refractivity contribution in [3.05, 3.63) is 24.3 Å². The highest BCUT2D eigenvalue weighted by atomic mass is 32.2. The van der Waals surface area contributed by atoms with Crippen LogP contribution in [0.1, 0.15) is 26.2 Å². The van der Waals surface area contributed by atoms with Gasteiger partial charge in [-0.25, -0.2) is 0 Å². The summed E-state index contributed by atoms with van der Waals surface area (Å²) in [6, 6.07) is 5.69. The number of thioether (sulfide) groups is 1. The number of carbonyl (C=O) groups is 1. The maximum absolute atomic E-state index is 12.3. The smallest absolute Gasteiger partial charge is 0.324 e. The lowest BCUT2D eigenvalue weighted by molar-refractivity contribution is -0.122. The molecule has 2 N–H and O–H groups in total. The molecule has 1 unspecified atom stereocenters. The second-order valence-corrected chi connectivity index (χ2v) is 6.13. The molecule has 1 fully saturated rings. The first-order valence-electron chi connectivity index (χ1n) is 6.77. The van der Waals surface area contributed by atoms with Gasteiger partial charge in [0.15, 0.2) is 0 Å². The quantitative estimate of drug-likeness (QED) is 0.830. The van der Waals surface area contributed by atoms with Gasteiger partial charge in [0.1, 0.15) is 0 Å². The molecule has 0 aliphatic carbocycles. The molecular weight excluding hydrogens is 301 g/mol. The first-order chi connectivity index (χ1) is 9.85. The second-order valence-electron chi connectivity index (χ2n) is 4.99. The molecule has 1 aromatic carbocycles. The van der Waals surface area contributed by atoms with Crippen molar-refractivity contribution in [2.75, 3.05) is 11.9 Å². The number of hydrogen-bond acceptors (Lipinski definition) is 3. The van der Waals surface area contributed by atoms with Gasteiger partial charge in [-0.1, -0.05) is 6.92 Å². The van der Waals surface area contributed by atoms with Gasteiger partial charge in [-0.05, 0) is 61.8 Å². The summed E-state index contributed by atoms with van der Waals surface area (Å²) >= 11 is -0.168. The topological polar surface area (TPSA) is 41.1 Å². The number of amides is 1. The van der Waals surface area contributed by atoms with Crippen LogP contribution in [-0.4, -0.2) is 23.5 Å². The fraction of sp³-hybridized carbons (Fsp3) is 0.500. The Morgan fingerprint density at radius 2 is 2.05 bits per heavy atom. The third-order valence-electron chi connectivity index (χ3n) is 3.63. The van der Waals surface area contributed by atoms with Gasteiger partial charge >= 0.3 is 5.51 Å². The Morgan fingerprint density at radius 1 is 1.38 bits per heavy atom. The van der Waals surface area contributed by atoms with E-state index in [4.69, 9.17) is 0 Å². The summed E-state index contributed by atoms with van der Waals surface area (Å²) in [5.41, 5.74) is -4.35.